The van der Waals surface area contributed by atoms with Gasteiger partial charge in [-0.3, -0.25) is 14.1 Å². The summed E-state index contributed by atoms with van der Waals surface area (Å²) in [7, 11) is -6.68. The van der Waals surface area contributed by atoms with Gasteiger partial charge in [0.1, 0.15) is 0 Å². The molecule has 0 aliphatic heterocycles. The number of nitrogens with zero attached hydrogens (tertiary/aromatic N) is 1. The van der Waals surface area contributed by atoms with E-state index in [0.717, 1.165) is 30.7 Å². The Labute approximate surface area is 238 Å². The SMILES string of the molecule is CCN(CC)CCNS(C)(=O)=O.CS(=O)(=O)O.O=c1c2ccccc2[nH]c2cc3c(=O)c4ccccc4[nH]c3cc12. The first kappa shape index (κ1) is 31.9. The summed E-state index contributed by atoms with van der Waals surface area (Å²) in [6.45, 7) is 7.32. The highest BCUT2D eigenvalue weighted by molar-refractivity contribution is 7.88. The zero-order valence-corrected chi connectivity index (χ0v) is 24.9. The fraction of sp³-hybridized carbons (Fsp3) is 0.286. The van der Waals surface area contributed by atoms with Gasteiger partial charge in [0, 0.05) is 45.7 Å². The molecule has 0 spiro atoms. The molecule has 2 heterocycles. The van der Waals surface area contributed by atoms with Crippen LogP contribution in [0, 0.1) is 0 Å². The number of pyridine rings is 2. The molecule has 0 aliphatic rings. The van der Waals surface area contributed by atoms with Crippen LogP contribution in [0.1, 0.15) is 13.8 Å². The zero-order valence-electron chi connectivity index (χ0n) is 23.3. The normalized spacial score (nSPS) is 11.9. The van der Waals surface area contributed by atoms with E-state index in [4.69, 9.17) is 4.55 Å². The Morgan fingerprint density at radius 3 is 1.46 bits per heavy atom. The first-order valence-electron chi connectivity index (χ1n) is 12.8. The summed E-state index contributed by atoms with van der Waals surface area (Å²) in [6, 6.07) is 18.3. The lowest BCUT2D eigenvalue weighted by molar-refractivity contribution is 0.309. The number of aromatic amines is 2. The summed E-state index contributed by atoms with van der Waals surface area (Å²) < 4.78 is 49.6. The molecule has 11 nitrogen and oxygen atoms in total. The van der Waals surface area contributed by atoms with Crippen LogP contribution in [0.3, 0.4) is 0 Å². The first-order chi connectivity index (χ1) is 19.2. The van der Waals surface area contributed by atoms with E-state index < -0.39 is 20.1 Å². The van der Waals surface area contributed by atoms with Crippen LogP contribution >= 0.6 is 0 Å². The lowest BCUT2D eigenvalue weighted by atomic mass is 10.1. The molecule has 0 radical (unpaired) electrons. The van der Waals surface area contributed by atoms with Crippen LogP contribution in [0.4, 0.5) is 0 Å². The molecule has 3 aromatic carbocycles. The monoisotopic (exact) mass is 602 g/mol. The van der Waals surface area contributed by atoms with Gasteiger partial charge in [0.05, 0.1) is 23.5 Å². The molecule has 13 heteroatoms. The molecule has 5 aromatic rings. The highest BCUT2D eigenvalue weighted by Gasteiger charge is 2.10. The number of fused-ring (bicyclic) bond motifs is 4. The lowest BCUT2D eigenvalue weighted by Crippen LogP contribution is -2.34. The van der Waals surface area contributed by atoms with E-state index in [2.05, 4.69) is 33.4 Å². The molecule has 0 atom stereocenters. The standard InChI is InChI=1S/C20H12N2O2.C7H18N2O2S.CH4O3S/c23-19-11-5-1-3-7-15(11)21-17-10-14-18(9-13(17)19)22-16-8-4-2-6-12(16)20(14)24;1-4-9(5-2)7-6-8-12(3,10)11;1-5(2,3)4/h1-10H,(H,21,23)(H,22,24);8H,4-7H2,1-3H3;1H3,(H,2,3,4). The van der Waals surface area contributed by atoms with Gasteiger partial charge in [0.15, 0.2) is 10.9 Å². The van der Waals surface area contributed by atoms with Crippen LogP contribution < -0.4 is 15.6 Å². The van der Waals surface area contributed by atoms with Gasteiger partial charge in [-0.25, -0.2) is 13.1 Å². The maximum absolute atomic E-state index is 12.8. The number of benzene rings is 3. The number of likely N-dealkylation sites (N-methyl/N-ethyl adjacent to an activating group) is 1. The third-order valence-corrected chi connectivity index (χ3v) is 6.94. The van der Waals surface area contributed by atoms with Crippen molar-refractivity contribution < 1.29 is 21.4 Å². The average molecular weight is 603 g/mol. The molecule has 0 bridgehead atoms. The Morgan fingerprint density at radius 1 is 0.707 bits per heavy atom. The van der Waals surface area contributed by atoms with Gasteiger partial charge in [-0.05, 0) is 49.5 Å². The van der Waals surface area contributed by atoms with Crippen LogP contribution in [-0.2, 0) is 20.1 Å². The van der Waals surface area contributed by atoms with Gasteiger partial charge in [0.25, 0.3) is 10.1 Å². The van der Waals surface area contributed by atoms with Crippen LogP contribution in [0.5, 0.6) is 0 Å². The van der Waals surface area contributed by atoms with Crippen LogP contribution in [0.15, 0.2) is 70.3 Å². The number of hydrogen-bond acceptors (Lipinski definition) is 7. The van der Waals surface area contributed by atoms with E-state index in [0.29, 0.717) is 45.4 Å². The van der Waals surface area contributed by atoms with Crippen molar-refractivity contribution >= 4 is 63.8 Å². The maximum Gasteiger partial charge on any atom is 0.261 e. The Hall–Kier alpha value is -3.62. The third kappa shape index (κ3) is 8.93. The van der Waals surface area contributed by atoms with Crippen molar-refractivity contribution in [2.24, 2.45) is 0 Å². The van der Waals surface area contributed by atoms with Crippen molar-refractivity contribution in [1.29, 1.82) is 0 Å². The van der Waals surface area contributed by atoms with E-state index in [1.165, 1.54) is 6.26 Å². The van der Waals surface area contributed by atoms with Crippen molar-refractivity contribution in [3.8, 4) is 0 Å². The molecule has 0 unspecified atom stereocenters. The zero-order chi connectivity index (χ0) is 30.4. The van der Waals surface area contributed by atoms with Crippen molar-refractivity contribution in [1.82, 2.24) is 19.6 Å². The second-order valence-electron chi connectivity index (χ2n) is 9.37. The van der Waals surface area contributed by atoms with Crippen LogP contribution in [-0.4, -0.2) is 74.9 Å². The average Bonchev–Trinajstić information content (AvgIpc) is 2.90. The summed E-state index contributed by atoms with van der Waals surface area (Å²) in [5.74, 6) is 0. The van der Waals surface area contributed by atoms with Crippen molar-refractivity contribution in [2.75, 3.05) is 38.7 Å². The van der Waals surface area contributed by atoms with Crippen LogP contribution in [0.25, 0.3) is 43.6 Å². The van der Waals surface area contributed by atoms with Gasteiger partial charge in [-0.15, -0.1) is 0 Å². The topological polar surface area (TPSA) is 170 Å². The van der Waals surface area contributed by atoms with E-state index in [1.54, 1.807) is 24.3 Å². The Kier molecular flexibility index (Phi) is 10.4. The second-order valence-corrected chi connectivity index (χ2v) is 12.7. The van der Waals surface area contributed by atoms with E-state index in [1.807, 2.05) is 36.4 Å². The summed E-state index contributed by atoms with van der Waals surface area (Å²) in [5.41, 5.74) is 2.82. The highest BCUT2D eigenvalue weighted by atomic mass is 32.2. The van der Waals surface area contributed by atoms with E-state index in [-0.39, 0.29) is 10.9 Å². The molecular weight excluding hydrogens is 568 g/mol. The maximum atomic E-state index is 12.8. The highest BCUT2D eigenvalue weighted by Crippen LogP contribution is 2.21. The molecule has 4 N–H and O–H groups in total. The van der Waals surface area contributed by atoms with E-state index in [9.17, 15) is 26.4 Å². The molecular formula is C28H34N4O7S2. The van der Waals surface area contributed by atoms with E-state index >= 15 is 0 Å². The summed E-state index contributed by atoms with van der Waals surface area (Å²) >= 11 is 0. The number of rotatable bonds is 6. The Balaban J connectivity index is 0.000000230. The minimum atomic E-state index is -3.67. The number of sulfonamides is 1. The predicted molar refractivity (Wildman–Crippen MR) is 166 cm³/mol. The van der Waals surface area contributed by atoms with Gasteiger partial charge >= 0.3 is 0 Å². The summed E-state index contributed by atoms with van der Waals surface area (Å²) in [5, 5.41) is 2.44. The Bertz CT molecular complexity index is 1900. The molecule has 0 saturated heterocycles. The molecule has 0 aliphatic carbocycles. The fourth-order valence-electron chi connectivity index (χ4n) is 4.27. The largest absolute Gasteiger partial charge is 0.354 e. The number of H-pyrrole nitrogens is 2. The minimum absolute atomic E-state index is 0.0322. The molecule has 2 aromatic heterocycles. The molecule has 41 heavy (non-hydrogen) atoms. The van der Waals surface area contributed by atoms with Crippen molar-refractivity contribution in [2.45, 2.75) is 13.8 Å². The van der Waals surface area contributed by atoms with Gasteiger partial charge in [0.2, 0.25) is 10.0 Å². The number of para-hydroxylation sites is 2. The number of nitrogens with one attached hydrogen (secondary N) is 3. The van der Waals surface area contributed by atoms with Crippen LogP contribution in [0.2, 0.25) is 0 Å². The Morgan fingerprint density at radius 2 is 1.10 bits per heavy atom. The molecule has 220 valence electrons. The first-order valence-corrected chi connectivity index (χ1v) is 16.5. The van der Waals surface area contributed by atoms with Crippen molar-refractivity contribution in [3.05, 3.63) is 81.1 Å². The van der Waals surface area contributed by atoms with Crippen molar-refractivity contribution in [3.63, 3.8) is 0 Å². The predicted octanol–water partition coefficient (Wildman–Crippen LogP) is 3.06. The second kappa shape index (κ2) is 13.4. The lowest BCUT2D eigenvalue weighted by Gasteiger charge is -2.17. The summed E-state index contributed by atoms with van der Waals surface area (Å²) in [4.78, 5) is 34.2. The molecule has 5 rings (SSSR count). The van der Waals surface area contributed by atoms with Gasteiger partial charge in [-0.2, -0.15) is 8.42 Å². The molecule has 0 fully saturated rings. The minimum Gasteiger partial charge on any atom is -0.354 e. The smallest absolute Gasteiger partial charge is 0.261 e. The number of hydrogen-bond donors (Lipinski definition) is 4. The number of aromatic nitrogens is 2. The van der Waals surface area contributed by atoms with Gasteiger partial charge in [-0.1, -0.05) is 38.1 Å². The van der Waals surface area contributed by atoms with Gasteiger partial charge < -0.3 is 14.9 Å². The molecule has 0 saturated carbocycles. The molecule has 0 amide bonds. The fourth-order valence-corrected chi connectivity index (χ4v) is 4.73. The third-order valence-electron chi connectivity index (χ3n) is 6.22. The quantitative estimate of drug-likeness (QED) is 0.170. The summed E-state index contributed by atoms with van der Waals surface area (Å²) in [6.07, 6.45) is 1.89.